The Labute approximate surface area is 784 Å². The summed E-state index contributed by atoms with van der Waals surface area (Å²) in [6.07, 6.45) is 2.10. The zero-order chi connectivity index (χ0) is 92.6. The zero-order valence-corrected chi connectivity index (χ0v) is 75.3. The summed E-state index contributed by atoms with van der Waals surface area (Å²) < 4.78 is 10.5. The van der Waals surface area contributed by atoms with Crippen molar-refractivity contribution in [3.05, 3.63) is 503 Å². The van der Waals surface area contributed by atoms with Crippen molar-refractivity contribution in [3.8, 4) is 11.5 Å². The van der Waals surface area contributed by atoms with Gasteiger partial charge in [0.05, 0.1) is 29.2 Å². The lowest BCUT2D eigenvalue weighted by Gasteiger charge is -2.09. The molecule has 0 N–H and O–H groups in total. The van der Waals surface area contributed by atoms with E-state index in [4.69, 9.17) is 55.9 Å². The smallest absolute Gasteiger partial charge is 0.269 e. The number of ether oxygens (including phenoxy) is 2. The van der Waals surface area contributed by atoms with Gasteiger partial charge in [-0.3, -0.25) is 43.7 Å². The van der Waals surface area contributed by atoms with Crippen molar-refractivity contribution in [2.24, 2.45) is 0 Å². The molecule has 19 rings (SSSR count). The summed E-state index contributed by atoms with van der Waals surface area (Å²) in [6.45, 7) is 1.52. The highest BCUT2D eigenvalue weighted by molar-refractivity contribution is 6.37. The number of methoxy groups -OCH3 is 2. The van der Waals surface area contributed by atoms with E-state index in [0.29, 0.717) is 97.1 Å². The number of halogens is 4. The van der Waals surface area contributed by atoms with Crippen LogP contribution in [0, 0.1) is 10.1 Å². The Kier molecular flexibility index (Phi) is 31.5. The summed E-state index contributed by atoms with van der Waals surface area (Å²) in [4.78, 5) is 95.6. The van der Waals surface area contributed by atoms with Crippen LogP contribution in [0.25, 0.3) is 75.4 Å². The van der Waals surface area contributed by atoms with E-state index >= 15 is 0 Å². The molecule has 650 valence electrons. The van der Waals surface area contributed by atoms with Crippen LogP contribution >= 0.6 is 46.4 Å². The molecule has 0 aliphatic heterocycles. The van der Waals surface area contributed by atoms with E-state index in [9.17, 15) is 43.7 Å². The van der Waals surface area contributed by atoms with E-state index in [-0.39, 0.29) is 52.6 Å². The molecule has 0 unspecified atom stereocenters. The second-order valence-corrected chi connectivity index (χ2v) is 33.2. The number of rotatable bonds is 22. The van der Waals surface area contributed by atoms with Crippen molar-refractivity contribution in [2.45, 2.75) is 45.4 Å². The molecule has 0 atom stereocenters. The van der Waals surface area contributed by atoms with Crippen LogP contribution in [-0.2, 0) is 38.5 Å². The molecule has 0 aliphatic rings. The highest BCUT2D eigenvalue weighted by Gasteiger charge is 2.19. The van der Waals surface area contributed by atoms with Crippen LogP contribution in [0.1, 0.15) is 113 Å². The standard InChI is InChI=1S/C22H14Cl2O.C20H18O3.C20H16O2.C18H12Cl2O.C18H13NO3.C18H14O/c23-19-7-8-20(21(24)13-19)22(25)10-14-5-6-17-11-15-3-1-2-4-16(15)12-18(17)9-14;1-22-19-10-9-17(13-20(19)23-2)18(21)12-14-7-8-15-5-3-4-6-16(15)11-14;1-14(21)16-8-10-18(11-9-16)20(22)13-15-6-7-17-4-2-3-5-19(17)12-15;19-15-7-8-16(17(20)11-15)18(21)10-12-5-6-13-3-1-2-4-14(13)9-12;20-18(15-7-9-17(10-8-15)19(21)22)12-13-5-6-14-3-1-2-4-16(14)11-13;19-18(16-7-2-1-3-8-16)13-14-10-11-15-6-4-5-9-17(15)12-14/h1-9,11-13H,10H2;3-11,13H,12H2,1-2H3;2-12H,13H2,1H3;1-9,11H,10H2;1-11H,12H2;1-12H,13H2. The van der Waals surface area contributed by atoms with Crippen molar-refractivity contribution in [3.63, 3.8) is 0 Å². The summed E-state index contributed by atoms with van der Waals surface area (Å²) >= 11 is 24.0. The number of non-ortho nitro benzene ring substituents is 1. The van der Waals surface area contributed by atoms with Gasteiger partial charge in [0.2, 0.25) is 0 Å². The molecule has 19 aromatic rings. The molecular formula is C116H87Cl4NO11. The van der Waals surface area contributed by atoms with Gasteiger partial charge >= 0.3 is 0 Å². The van der Waals surface area contributed by atoms with Gasteiger partial charge in [-0.25, -0.2) is 0 Å². The molecule has 0 saturated heterocycles. The van der Waals surface area contributed by atoms with Gasteiger partial charge in [-0.05, 0) is 195 Å². The molecule has 0 aromatic heterocycles. The normalized spacial score (nSPS) is 10.7. The number of ketones is 7. The lowest BCUT2D eigenvalue weighted by molar-refractivity contribution is -0.384. The first-order chi connectivity index (χ1) is 64.0. The van der Waals surface area contributed by atoms with Gasteiger partial charge in [-0.15, -0.1) is 0 Å². The quantitative estimate of drug-likeness (QED) is 0.0273. The van der Waals surface area contributed by atoms with E-state index in [1.54, 1.807) is 93.1 Å². The number of benzene rings is 19. The largest absolute Gasteiger partial charge is 0.493 e. The third-order valence-electron chi connectivity index (χ3n) is 22.3. The molecular weight excluding hydrogens is 1730 g/mol. The topological polar surface area (TPSA) is 181 Å². The fraction of sp³-hybridized carbons (Fsp3) is 0.0776. The summed E-state index contributed by atoms with van der Waals surface area (Å²) in [5.41, 5.74) is 10.1. The number of nitrogens with zero attached hydrogens (tertiary/aromatic N) is 1. The first kappa shape index (κ1) is 93.0. The number of carbonyl (C=O) groups excluding carboxylic acids is 7. The Morgan fingerprint density at radius 3 is 0.826 bits per heavy atom. The number of hydrogen-bond acceptors (Lipinski definition) is 11. The maximum Gasteiger partial charge on any atom is 0.269 e. The molecule has 0 saturated carbocycles. The van der Waals surface area contributed by atoms with Crippen molar-refractivity contribution in [2.75, 3.05) is 14.2 Å². The molecule has 0 bridgehead atoms. The number of Topliss-reactive ketones (excluding diaryl/α,β-unsaturated/α-hetero) is 7. The van der Waals surface area contributed by atoms with E-state index in [0.717, 1.165) is 71.3 Å². The highest BCUT2D eigenvalue weighted by Crippen LogP contribution is 2.32. The average Bonchev–Trinajstić information content (AvgIpc) is 0.789. The van der Waals surface area contributed by atoms with Gasteiger partial charge in [0.25, 0.3) is 5.69 Å². The fourth-order valence-electron chi connectivity index (χ4n) is 15.3. The first-order valence-corrected chi connectivity index (χ1v) is 44.1. The monoisotopic (exact) mass is 1810 g/mol. The van der Waals surface area contributed by atoms with Crippen LogP contribution in [0.5, 0.6) is 11.5 Å². The second kappa shape index (κ2) is 44.7. The molecule has 0 aliphatic carbocycles. The molecule has 12 nitrogen and oxygen atoms in total. The summed E-state index contributed by atoms with van der Waals surface area (Å²) in [5.74, 6) is 1.40. The van der Waals surface area contributed by atoms with Crippen LogP contribution in [0.15, 0.2) is 400 Å². The molecule has 132 heavy (non-hydrogen) atoms. The minimum Gasteiger partial charge on any atom is -0.493 e. The molecule has 19 aromatic carbocycles. The summed E-state index contributed by atoms with van der Waals surface area (Å²) in [7, 11) is 3.14. The lowest BCUT2D eigenvalue weighted by Crippen LogP contribution is -2.04. The van der Waals surface area contributed by atoms with Crippen molar-refractivity contribution >= 4 is 168 Å². The van der Waals surface area contributed by atoms with Gasteiger partial charge in [0.1, 0.15) is 0 Å². The zero-order valence-electron chi connectivity index (χ0n) is 72.3. The lowest BCUT2D eigenvalue weighted by atomic mass is 9.98. The number of nitro groups is 1. The van der Waals surface area contributed by atoms with Crippen LogP contribution in [0.4, 0.5) is 5.69 Å². The first-order valence-electron chi connectivity index (χ1n) is 42.6. The predicted molar refractivity (Wildman–Crippen MR) is 538 cm³/mol. The Balaban J connectivity index is 0.000000128. The maximum absolute atomic E-state index is 12.6. The van der Waals surface area contributed by atoms with Gasteiger partial charge in [0, 0.05) is 99.6 Å². The van der Waals surface area contributed by atoms with Crippen molar-refractivity contribution < 1.29 is 48.0 Å². The maximum atomic E-state index is 12.6. The molecule has 16 heteroatoms. The van der Waals surface area contributed by atoms with Crippen LogP contribution < -0.4 is 9.47 Å². The summed E-state index contributed by atoms with van der Waals surface area (Å²) in [5, 5.41) is 28.7. The van der Waals surface area contributed by atoms with E-state index in [1.165, 1.54) is 74.3 Å². The highest BCUT2D eigenvalue weighted by atomic mass is 35.5. The minimum atomic E-state index is -0.475. The number of carbonyl (C=O) groups is 7. The van der Waals surface area contributed by atoms with Gasteiger partial charge in [-0.1, -0.05) is 356 Å². The van der Waals surface area contributed by atoms with E-state index in [1.807, 2.05) is 200 Å². The molecule has 0 heterocycles. The average molecular weight is 1810 g/mol. The predicted octanol–water partition coefficient (Wildman–Crippen LogP) is 29.5. The third-order valence-corrected chi connectivity index (χ3v) is 23.4. The van der Waals surface area contributed by atoms with Crippen molar-refractivity contribution in [1.82, 2.24) is 0 Å². The van der Waals surface area contributed by atoms with E-state index in [2.05, 4.69) is 97.1 Å². The number of hydrogen-bond donors (Lipinski definition) is 0. The third kappa shape index (κ3) is 25.0. The molecule has 0 amide bonds. The van der Waals surface area contributed by atoms with Gasteiger partial charge in [0.15, 0.2) is 52.0 Å². The molecule has 0 fully saturated rings. The molecule has 0 spiro atoms. The van der Waals surface area contributed by atoms with Gasteiger partial charge in [-0.2, -0.15) is 0 Å². The Hall–Kier alpha value is -15.2. The van der Waals surface area contributed by atoms with Crippen LogP contribution in [0.2, 0.25) is 20.1 Å². The van der Waals surface area contributed by atoms with Crippen molar-refractivity contribution in [1.29, 1.82) is 0 Å². The SMILES string of the molecule is CC(=O)c1ccc(C(=O)Cc2ccc3ccccc3c2)cc1.COc1ccc(C(=O)Cc2ccc3ccccc3c2)cc1OC.O=C(Cc1ccc2cc3ccccc3cc2c1)c1ccc(Cl)cc1Cl.O=C(Cc1ccc2ccccc2c1)c1ccc(Cl)cc1Cl.O=C(Cc1ccc2ccccc2c1)c1ccc([N+](=O)[O-])cc1.O=C(Cc1ccc2ccccc2c1)c1ccccc1. The second-order valence-electron chi connectivity index (χ2n) is 31.5. The fourth-order valence-corrected chi connectivity index (χ4v) is 16.3. The van der Waals surface area contributed by atoms with Gasteiger partial charge < -0.3 is 9.47 Å². The van der Waals surface area contributed by atoms with Crippen LogP contribution in [0.3, 0.4) is 0 Å². The Morgan fingerprint density at radius 1 is 0.242 bits per heavy atom. The van der Waals surface area contributed by atoms with E-state index < -0.39 is 4.92 Å². The van der Waals surface area contributed by atoms with Crippen LogP contribution in [-0.4, -0.2) is 59.6 Å². The Bertz CT molecular complexity index is 7360. The number of nitro benzene ring substituents is 1. The molecule has 0 radical (unpaired) electrons. The Morgan fingerprint density at radius 2 is 0.500 bits per heavy atom. The minimum absolute atomic E-state index is 0.00746. The number of fused-ring (bicyclic) bond motifs is 7. The summed E-state index contributed by atoms with van der Waals surface area (Å²) in [6, 6.07) is 127.